The van der Waals surface area contributed by atoms with Gasteiger partial charge in [-0.2, -0.15) is 0 Å². The fourth-order valence-corrected chi connectivity index (χ4v) is 1.83. The van der Waals surface area contributed by atoms with Crippen molar-refractivity contribution in [2.75, 3.05) is 0 Å². The van der Waals surface area contributed by atoms with Gasteiger partial charge in [-0.1, -0.05) is 31.2 Å². The molecule has 0 amide bonds. The van der Waals surface area contributed by atoms with Gasteiger partial charge < -0.3 is 10.2 Å². The molecule has 0 unspecified atom stereocenters. The van der Waals surface area contributed by atoms with Crippen LogP contribution < -0.4 is 0 Å². The molecule has 2 aromatic rings. The maximum absolute atomic E-state index is 10.8. The van der Waals surface area contributed by atoms with Crippen LogP contribution in [-0.4, -0.2) is 16.2 Å². The molecule has 0 aliphatic heterocycles. The maximum atomic E-state index is 10.8. The molecule has 0 aromatic heterocycles. The van der Waals surface area contributed by atoms with Gasteiger partial charge in [-0.15, -0.1) is 0 Å². The first-order valence-electron chi connectivity index (χ1n) is 5.77. The maximum Gasteiger partial charge on any atom is 0.335 e. The van der Waals surface area contributed by atoms with Crippen LogP contribution >= 0.6 is 0 Å². The number of rotatable bonds is 3. The fraction of sp³-hybridized carbons (Fsp3) is 0.133. The summed E-state index contributed by atoms with van der Waals surface area (Å²) in [5.74, 6) is -1.06. The van der Waals surface area contributed by atoms with Crippen molar-refractivity contribution in [2.45, 2.75) is 13.3 Å². The molecule has 0 fully saturated rings. The van der Waals surface area contributed by atoms with Crippen LogP contribution in [0.2, 0.25) is 0 Å². The Balaban J connectivity index is 2.41. The second-order valence-corrected chi connectivity index (χ2v) is 4.09. The predicted octanol–water partition coefficient (Wildman–Crippen LogP) is 3.32. The molecule has 3 nitrogen and oxygen atoms in total. The lowest BCUT2D eigenvalue weighted by atomic mass is 10.0. The van der Waals surface area contributed by atoms with Crippen LogP contribution in [0.3, 0.4) is 0 Å². The Morgan fingerprint density at radius 2 is 1.78 bits per heavy atom. The van der Waals surface area contributed by atoms with Gasteiger partial charge in [0.15, 0.2) is 0 Å². The highest BCUT2D eigenvalue weighted by atomic mass is 16.4. The third-order valence-corrected chi connectivity index (χ3v) is 2.92. The van der Waals surface area contributed by atoms with Crippen LogP contribution in [0.1, 0.15) is 22.8 Å². The van der Waals surface area contributed by atoms with Crippen molar-refractivity contribution in [1.82, 2.24) is 0 Å². The number of benzene rings is 2. The molecule has 2 aromatic carbocycles. The molecule has 0 atom stereocenters. The largest absolute Gasteiger partial charge is 0.507 e. The van der Waals surface area contributed by atoms with E-state index in [9.17, 15) is 9.90 Å². The van der Waals surface area contributed by atoms with Crippen molar-refractivity contribution < 1.29 is 15.0 Å². The predicted molar refractivity (Wildman–Crippen MR) is 69.9 cm³/mol. The molecule has 0 aliphatic rings. The zero-order valence-corrected chi connectivity index (χ0v) is 10.1. The number of phenols is 1. The molecule has 18 heavy (non-hydrogen) atoms. The third kappa shape index (κ3) is 2.35. The number of aryl methyl sites for hydroxylation is 1. The highest BCUT2D eigenvalue weighted by Crippen LogP contribution is 2.30. The Bertz CT molecular complexity index is 571. The first-order valence-corrected chi connectivity index (χ1v) is 5.77. The Morgan fingerprint density at radius 1 is 1.11 bits per heavy atom. The number of phenolic OH excluding ortho intramolecular Hbond substituents is 1. The van der Waals surface area contributed by atoms with E-state index in [0.717, 1.165) is 12.0 Å². The topological polar surface area (TPSA) is 57.5 Å². The van der Waals surface area contributed by atoms with Gasteiger partial charge in [0.1, 0.15) is 5.75 Å². The molecule has 0 aliphatic carbocycles. The normalized spacial score (nSPS) is 10.3. The summed E-state index contributed by atoms with van der Waals surface area (Å²) in [6, 6.07) is 12.2. The number of carbonyl (C=O) groups is 1. The summed E-state index contributed by atoms with van der Waals surface area (Å²) in [5, 5.41) is 18.7. The van der Waals surface area contributed by atoms with Crippen LogP contribution in [0, 0.1) is 0 Å². The standard InChI is InChI=1S/C15H14O3/c1-2-10-3-5-11(6-4-10)13-8-7-12(15(17)18)9-14(13)16/h3-9,16H,2H2,1H3,(H,17,18). The third-order valence-electron chi connectivity index (χ3n) is 2.92. The molecule has 2 N–H and O–H groups in total. The second-order valence-electron chi connectivity index (χ2n) is 4.09. The fourth-order valence-electron chi connectivity index (χ4n) is 1.83. The number of aromatic carboxylic acids is 1. The van der Waals surface area contributed by atoms with E-state index in [1.54, 1.807) is 6.07 Å². The minimum absolute atomic E-state index is 0.0147. The first-order chi connectivity index (χ1) is 8.61. The molecule has 0 radical (unpaired) electrons. The monoisotopic (exact) mass is 242 g/mol. The molecule has 92 valence electrons. The number of hydrogen-bond acceptors (Lipinski definition) is 2. The molecule has 3 heteroatoms. The highest BCUT2D eigenvalue weighted by molar-refractivity contribution is 5.89. The van der Waals surface area contributed by atoms with Gasteiger partial charge in [-0.05, 0) is 35.7 Å². The Hall–Kier alpha value is -2.29. The average molecular weight is 242 g/mol. The molecule has 0 bridgehead atoms. The zero-order chi connectivity index (χ0) is 13.1. The molecular formula is C15H14O3. The van der Waals surface area contributed by atoms with Crippen molar-refractivity contribution >= 4 is 5.97 Å². The van der Waals surface area contributed by atoms with Crippen LogP contribution in [0.25, 0.3) is 11.1 Å². The summed E-state index contributed by atoms with van der Waals surface area (Å²) in [6.45, 7) is 2.08. The zero-order valence-electron chi connectivity index (χ0n) is 10.1. The van der Waals surface area contributed by atoms with E-state index < -0.39 is 5.97 Å². The summed E-state index contributed by atoms with van der Waals surface area (Å²) >= 11 is 0. The lowest BCUT2D eigenvalue weighted by molar-refractivity contribution is 0.0696. The molecule has 0 saturated carbocycles. The van der Waals surface area contributed by atoms with E-state index in [1.165, 1.54) is 17.7 Å². The molecule has 0 spiro atoms. The van der Waals surface area contributed by atoms with Gasteiger partial charge in [-0.25, -0.2) is 4.79 Å². The van der Waals surface area contributed by atoms with Gasteiger partial charge in [0.2, 0.25) is 0 Å². The number of aromatic hydroxyl groups is 1. The summed E-state index contributed by atoms with van der Waals surface area (Å²) in [6.07, 6.45) is 0.963. The highest BCUT2D eigenvalue weighted by Gasteiger charge is 2.09. The van der Waals surface area contributed by atoms with E-state index in [1.807, 2.05) is 24.3 Å². The minimum Gasteiger partial charge on any atom is -0.507 e. The van der Waals surface area contributed by atoms with Gasteiger partial charge in [0.05, 0.1) is 5.56 Å². The van der Waals surface area contributed by atoms with Gasteiger partial charge >= 0.3 is 5.97 Å². The van der Waals surface area contributed by atoms with E-state index in [2.05, 4.69) is 6.92 Å². The van der Waals surface area contributed by atoms with Crippen LogP contribution in [0.5, 0.6) is 5.75 Å². The van der Waals surface area contributed by atoms with Crippen molar-refractivity contribution in [3.63, 3.8) is 0 Å². The van der Waals surface area contributed by atoms with Crippen molar-refractivity contribution in [2.24, 2.45) is 0 Å². The lowest BCUT2D eigenvalue weighted by Gasteiger charge is -2.06. The van der Waals surface area contributed by atoms with E-state index >= 15 is 0 Å². The molecule has 0 heterocycles. The van der Waals surface area contributed by atoms with Gasteiger partial charge in [-0.3, -0.25) is 0 Å². The Labute approximate surface area is 105 Å². The first kappa shape index (κ1) is 12.2. The number of hydrogen-bond donors (Lipinski definition) is 2. The van der Waals surface area contributed by atoms with Crippen LogP contribution in [-0.2, 0) is 6.42 Å². The second kappa shape index (κ2) is 4.92. The molecule has 2 rings (SSSR count). The van der Waals surface area contributed by atoms with Crippen LogP contribution in [0.4, 0.5) is 0 Å². The van der Waals surface area contributed by atoms with E-state index in [4.69, 9.17) is 5.11 Å². The number of carboxylic acids is 1. The SMILES string of the molecule is CCc1ccc(-c2ccc(C(=O)O)cc2O)cc1. The Morgan fingerprint density at radius 3 is 2.28 bits per heavy atom. The number of carboxylic acid groups (broad SMARTS) is 1. The summed E-state index contributed by atoms with van der Waals surface area (Å²) in [4.78, 5) is 10.8. The van der Waals surface area contributed by atoms with Crippen molar-refractivity contribution in [1.29, 1.82) is 0 Å². The van der Waals surface area contributed by atoms with Gasteiger partial charge in [0, 0.05) is 5.56 Å². The summed E-state index contributed by atoms with van der Waals surface area (Å²) in [5.41, 5.74) is 2.83. The van der Waals surface area contributed by atoms with Crippen LogP contribution in [0.15, 0.2) is 42.5 Å². The molecule has 0 saturated heterocycles. The van der Waals surface area contributed by atoms with Gasteiger partial charge in [0.25, 0.3) is 0 Å². The Kier molecular flexibility index (Phi) is 3.33. The summed E-state index contributed by atoms with van der Waals surface area (Å²) < 4.78 is 0. The van der Waals surface area contributed by atoms with Crippen molar-refractivity contribution in [3.05, 3.63) is 53.6 Å². The minimum atomic E-state index is -1.04. The molecular weight excluding hydrogens is 228 g/mol. The lowest BCUT2D eigenvalue weighted by Crippen LogP contribution is -1.95. The van der Waals surface area contributed by atoms with Crippen molar-refractivity contribution in [3.8, 4) is 16.9 Å². The van der Waals surface area contributed by atoms with E-state index in [-0.39, 0.29) is 11.3 Å². The van der Waals surface area contributed by atoms with E-state index in [0.29, 0.717) is 5.56 Å². The quantitative estimate of drug-likeness (QED) is 0.868. The summed E-state index contributed by atoms with van der Waals surface area (Å²) in [7, 11) is 0. The smallest absolute Gasteiger partial charge is 0.335 e. The average Bonchev–Trinajstić information content (AvgIpc) is 2.38.